The number of hydrogen-bond donors (Lipinski definition) is 0. The number of ether oxygens (including phenoxy) is 1. The van der Waals surface area contributed by atoms with Crippen LogP contribution in [0.3, 0.4) is 0 Å². The lowest BCUT2D eigenvalue weighted by Gasteiger charge is -2.31. The number of nitrogens with zero attached hydrogens (tertiary/aromatic N) is 4. The average Bonchev–Trinajstić information content (AvgIpc) is 2.63. The van der Waals surface area contributed by atoms with Crippen LogP contribution in [0.4, 0.5) is 0 Å². The molecule has 7 nitrogen and oxygen atoms in total. The first-order chi connectivity index (χ1) is 12.1. The molecule has 0 atom stereocenters. The highest BCUT2D eigenvalue weighted by Crippen LogP contribution is 2.20. The molecule has 3 heterocycles. The van der Waals surface area contributed by atoms with Crippen molar-refractivity contribution < 1.29 is 9.53 Å². The van der Waals surface area contributed by atoms with Gasteiger partial charge in [-0.2, -0.15) is 5.10 Å². The molecule has 0 saturated carbocycles. The van der Waals surface area contributed by atoms with Gasteiger partial charge in [0.1, 0.15) is 6.54 Å². The molecule has 0 N–H and O–H groups in total. The van der Waals surface area contributed by atoms with E-state index in [1.165, 1.54) is 16.9 Å². The van der Waals surface area contributed by atoms with Crippen molar-refractivity contribution in [2.45, 2.75) is 26.3 Å². The summed E-state index contributed by atoms with van der Waals surface area (Å²) in [4.78, 5) is 30.0. The summed E-state index contributed by atoms with van der Waals surface area (Å²) < 4.78 is 7.01. The van der Waals surface area contributed by atoms with Gasteiger partial charge in [-0.1, -0.05) is 6.07 Å². The fraction of sp³-hybridized carbons (Fsp3) is 0.444. The molecule has 1 aliphatic rings. The summed E-state index contributed by atoms with van der Waals surface area (Å²) in [5, 5.41) is 3.93. The average molecular weight is 342 g/mol. The van der Waals surface area contributed by atoms with Crippen LogP contribution in [0, 0.1) is 12.8 Å². The number of hydrogen-bond acceptors (Lipinski definition) is 5. The second-order valence-electron chi connectivity index (χ2n) is 6.28. The van der Waals surface area contributed by atoms with Crippen molar-refractivity contribution in [3.8, 4) is 5.88 Å². The van der Waals surface area contributed by atoms with Gasteiger partial charge in [0, 0.05) is 37.1 Å². The van der Waals surface area contributed by atoms with Crippen LogP contribution in [0.5, 0.6) is 5.88 Å². The summed E-state index contributed by atoms with van der Waals surface area (Å²) >= 11 is 0. The van der Waals surface area contributed by atoms with Gasteiger partial charge in [-0.3, -0.25) is 9.59 Å². The monoisotopic (exact) mass is 342 g/mol. The Balaban J connectivity index is 1.47. The van der Waals surface area contributed by atoms with Crippen LogP contribution in [-0.4, -0.2) is 45.3 Å². The minimum atomic E-state index is -0.259. The van der Waals surface area contributed by atoms with E-state index in [0.29, 0.717) is 31.5 Å². The Labute approximate surface area is 146 Å². The zero-order valence-corrected chi connectivity index (χ0v) is 14.3. The first kappa shape index (κ1) is 17.1. The normalized spacial score (nSPS) is 15.2. The van der Waals surface area contributed by atoms with E-state index in [9.17, 15) is 9.59 Å². The molecule has 1 amide bonds. The largest absolute Gasteiger partial charge is 0.477 e. The lowest BCUT2D eigenvalue weighted by Crippen LogP contribution is -2.42. The maximum Gasteiger partial charge on any atom is 0.267 e. The van der Waals surface area contributed by atoms with Gasteiger partial charge in [0.05, 0.1) is 6.61 Å². The van der Waals surface area contributed by atoms with Crippen molar-refractivity contribution in [1.82, 2.24) is 19.7 Å². The van der Waals surface area contributed by atoms with Gasteiger partial charge in [-0.25, -0.2) is 9.67 Å². The Morgan fingerprint density at radius 2 is 2.00 bits per heavy atom. The summed E-state index contributed by atoms with van der Waals surface area (Å²) in [5.41, 5.74) is 0.765. The van der Waals surface area contributed by atoms with Crippen LogP contribution in [0.25, 0.3) is 0 Å². The maximum atomic E-state index is 12.3. The number of aryl methyl sites for hydroxylation is 1. The molecule has 3 rings (SSSR count). The van der Waals surface area contributed by atoms with Crippen molar-refractivity contribution in [2.75, 3.05) is 19.7 Å². The lowest BCUT2D eigenvalue weighted by atomic mass is 9.98. The van der Waals surface area contributed by atoms with Gasteiger partial charge in [0.25, 0.3) is 5.56 Å². The Hall–Kier alpha value is -2.70. The van der Waals surface area contributed by atoms with Gasteiger partial charge in [0.15, 0.2) is 0 Å². The highest BCUT2D eigenvalue weighted by atomic mass is 16.5. The van der Waals surface area contributed by atoms with E-state index in [2.05, 4.69) is 10.1 Å². The third-order valence-corrected chi connectivity index (χ3v) is 4.45. The first-order valence-electron chi connectivity index (χ1n) is 8.48. The number of likely N-dealkylation sites (tertiary alicyclic amines) is 1. The third-order valence-electron chi connectivity index (χ3n) is 4.45. The molecule has 0 aliphatic carbocycles. The Morgan fingerprint density at radius 3 is 2.72 bits per heavy atom. The molecule has 1 fully saturated rings. The number of amides is 1. The van der Waals surface area contributed by atoms with Crippen LogP contribution < -0.4 is 10.3 Å². The molecule has 0 unspecified atom stereocenters. The smallest absolute Gasteiger partial charge is 0.267 e. The molecule has 1 aliphatic heterocycles. The maximum absolute atomic E-state index is 12.3. The Morgan fingerprint density at radius 1 is 1.24 bits per heavy atom. The summed E-state index contributed by atoms with van der Waals surface area (Å²) in [5.74, 6) is 1.01. The molecule has 132 valence electrons. The quantitative estimate of drug-likeness (QED) is 0.818. The van der Waals surface area contributed by atoms with Crippen LogP contribution in [0.15, 0.2) is 41.5 Å². The van der Waals surface area contributed by atoms with Crippen molar-refractivity contribution in [1.29, 1.82) is 0 Å². The zero-order valence-electron chi connectivity index (χ0n) is 14.3. The minimum absolute atomic E-state index is 0.00598. The highest BCUT2D eigenvalue weighted by Gasteiger charge is 2.24. The van der Waals surface area contributed by atoms with E-state index < -0.39 is 0 Å². The molecule has 0 radical (unpaired) electrons. The topological polar surface area (TPSA) is 77.3 Å². The predicted molar refractivity (Wildman–Crippen MR) is 92.3 cm³/mol. The number of rotatable bonds is 5. The second-order valence-corrected chi connectivity index (χ2v) is 6.28. The molecule has 7 heteroatoms. The summed E-state index contributed by atoms with van der Waals surface area (Å²) in [6.45, 7) is 3.93. The van der Waals surface area contributed by atoms with Crippen molar-refractivity contribution in [2.24, 2.45) is 5.92 Å². The van der Waals surface area contributed by atoms with Gasteiger partial charge >= 0.3 is 0 Å². The van der Waals surface area contributed by atoms with Gasteiger partial charge in [-0.05, 0) is 37.8 Å². The van der Waals surface area contributed by atoms with E-state index in [1.807, 2.05) is 19.1 Å². The lowest BCUT2D eigenvalue weighted by molar-refractivity contribution is -0.133. The fourth-order valence-corrected chi connectivity index (χ4v) is 2.90. The summed E-state index contributed by atoms with van der Waals surface area (Å²) in [7, 11) is 0. The Bertz CT molecular complexity index is 782. The number of aromatic nitrogens is 3. The minimum Gasteiger partial charge on any atom is -0.477 e. The molecular weight excluding hydrogens is 320 g/mol. The SMILES string of the molecule is Cc1cccnc1OCC1CCN(C(=O)Cn2ncccc2=O)CC1. The second kappa shape index (κ2) is 7.92. The molecular formula is C18H22N4O3. The van der Waals surface area contributed by atoms with E-state index in [4.69, 9.17) is 4.74 Å². The number of pyridine rings is 1. The van der Waals surface area contributed by atoms with Crippen molar-refractivity contribution >= 4 is 5.91 Å². The molecule has 2 aromatic rings. The standard InChI is InChI=1S/C18H22N4O3/c1-14-4-2-8-19-18(14)25-13-15-6-10-21(11-7-15)17(24)12-22-16(23)5-3-9-20-22/h2-5,8-9,15H,6-7,10-13H2,1H3. The highest BCUT2D eigenvalue weighted by molar-refractivity contribution is 5.75. The van der Waals surface area contributed by atoms with Crippen molar-refractivity contribution in [3.63, 3.8) is 0 Å². The molecule has 25 heavy (non-hydrogen) atoms. The van der Waals surface area contributed by atoms with Crippen LogP contribution >= 0.6 is 0 Å². The molecule has 0 spiro atoms. The van der Waals surface area contributed by atoms with Gasteiger partial charge in [-0.15, -0.1) is 0 Å². The number of carbonyl (C=O) groups is 1. The first-order valence-corrected chi connectivity index (χ1v) is 8.48. The van der Waals surface area contributed by atoms with Gasteiger partial charge < -0.3 is 9.64 Å². The van der Waals surface area contributed by atoms with Crippen LogP contribution in [0.1, 0.15) is 18.4 Å². The molecule has 2 aromatic heterocycles. The molecule has 0 bridgehead atoms. The summed E-state index contributed by atoms with van der Waals surface area (Å²) in [6.07, 6.45) is 5.00. The van der Waals surface area contributed by atoms with Crippen LogP contribution in [0.2, 0.25) is 0 Å². The van der Waals surface area contributed by atoms with Crippen LogP contribution in [-0.2, 0) is 11.3 Å². The zero-order chi connectivity index (χ0) is 17.6. The summed E-state index contributed by atoms with van der Waals surface area (Å²) in [6, 6.07) is 6.84. The third kappa shape index (κ3) is 4.43. The molecule has 1 saturated heterocycles. The van der Waals surface area contributed by atoms with E-state index in [1.54, 1.807) is 17.2 Å². The van der Waals surface area contributed by atoms with E-state index >= 15 is 0 Å². The Kier molecular flexibility index (Phi) is 5.42. The van der Waals surface area contributed by atoms with E-state index in [0.717, 1.165) is 18.4 Å². The van der Waals surface area contributed by atoms with Crippen molar-refractivity contribution in [3.05, 3.63) is 52.6 Å². The van der Waals surface area contributed by atoms with Gasteiger partial charge in [0.2, 0.25) is 11.8 Å². The predicted octanol–water partition coefficient (Wildman–Crippen LogP) is 1.26. The fourth-order valence-electron chi connectivity index (χ4n) is 2.90. The number of piperidine rings is 1. The number of carbonyl (C=O) groups excluding carboxylic acids is 1. The molecule has 0 aromatic carbocycles. The van der Waals surface area contributed by atoms with E-state index in [-0.39, 0.29) is 18.0 Å².